The molecule has 2 heterocycles. The molecule has 0 aromatic rings. The number of carbonyl (C=O) groups excluding carboxylic acids is 2. The third-order valence-corrected chi connectivity index (χ3v) is 5.46. The third kappa shape index (κ3) is 4.99. The van der Waals surface area contributed by atoms with E-state index in [1.54, 1.807) is 0 Å². The molecule has 1 aliphatic carbocycles. The van der Waals surface area contributed by atoms with Crippen molar-refractivity contribution < 1.29 is 9.59 Å². The van der Waals surface area contributed by atoms with E-state index < -0.39 is 0 Å². The number of amides is 3. The Morgan fingerprint density at radius 2 is 1.54 bits per heavy atom. The Labute approximate surface area is 151 Å². The van der Waals surface area contributed by atoms with Crippen molar-refractivity contribution in [1.82, 2.24) is 20.4 Å². The summed E-state index contributed by atoms with van der Waals surface area (Å²) < 4.78 is 0. The molecule has 138 valence electrons. The first-order valence-corrected chi connectivity index (χ1v) is 9.29. The van der Waals surface area contributed by atoms with Gasteiger partial charge in [0.1, 0.15) is 0 Å². The fraction of sp³-hybridized carbons (Fsp3) is 0.882. The van der Waals surface area contributed by atoms with Crippen LogP contribution in [-0.2, 0) is 4.79 Å². The Morgan fingerprint density at radius 1 is 0.875 bits per heavy atom. The van der Waals surface area contributed by atoms with Crippen LogP contribution in [0.15, 0.2) is 0 Å². The highest BCUT2D eigenvalue weighted by Gasteiger charge is 2.30. The molecule has 7 heteroatoms. The molecular weight excluding hydrogens is 328 g/mol. The maximum absolute atomic E-state index is 12.5. The van der Waals surface area contributed by atoms with Crippen molar-refractivity contribution in [2.75, 3.05) is 39.3 Å². The first kappa shape index (κ1) is 19.3. The van der Waals surface area contributed by atoms with Crippen LogP contribution < -0.4 is 10.6 Å². The van der Waals surface area contributed by atoms with Crippen molar-refractivity contribution in [3.05, 3.63) is 0 Å². The van der Waals surface area contributed by atoms with Crippen molar-refractivity contribution in [3.63, 3.8) is 0 Å². The standard InChI is InChI=1S/C17H30N4O2.ClH/c22-16(14-5-4-8-18-13-14)20-9-11-21(12-10-20)17(23)19-15-6-2-1-3-7-15;/h14-15,18H,1-13H2,(H,19,23);1H. The van der Waals surface area contributed by atoms with Crippen molar-refractivity contribution in [2.24, 2.45) is 5.92 Å². The summed E-state index contributed by atoms with van der Waals surface area (Å²) in [4.78, 5) is 28.7. The Kier molecular flexibility index (Phi) is 7.62. The highest BCUT2D eigenvalue weighted by atomic mass is 35.5. The van der Waals surface area contributed by atoms with Gasteiger partial charge in [-0.05, 0) is 32.2 Å². The van der Waals surface area contributed by atoms with Crippen LogP contribution in [0.5, 0.6) is 0 Å². The summed E-state index contributed by atoms with van der Waals surface area (Å²) in [5.41, 5.74) is 0. The number of hydrogen-bond donors (Lipinski definition) is 2. The molecule has 0 radical (unpaired) electrons. The van der Waals surface area contributed by atoms with Gasteiger partial charge in [0, 0.05) is 38.8 Å². The molecular formula is C17H31ClN4O2. The van der Waals surface area contributed by atoms with Gasteiger partial charge >= 0.3 is 6.03 Å². The summed E-state index contributed by atoms with van der Waals surface area (Å²) in [5, 5.41) is 6.47. The number of rotatable bonds is 2. The van der Waals surface area contributed by atoms with Crippen molar-refractivity contribution in [1.29, 1.82) is 0 Å². The summed E-state index contributed by atoms with van der Waals surface area (Å²) in [7, 11) is 0. The molecule has 0 bridgehead atoms. The van der Waals surface area contributed by atoms with Crippen LogP contribution in [0.3, 0.4) is 0 Å². The normalized spacial score (nSPS) is 25.8. The second-order valence-electron chi connectivity index (χ2n) is 7.14. The number of nitrogens with zero attached hydrogens (tertiary/aromatic N) is 2. The van der Waals surface area contributed by atoms with Crippen LogP contribution in [0.2, 0.25) is 0 Å². The molecule has 3 fully saturated rings. The van der Waals surface area contributed by atoms with E-state index in [1.165, 1.54) is 19.3 Å². The minimum absolute atomic E-state index is 0. The summed E-state index contributed by atoms with van der Waals surface area (Å²) in [6.45, 7) is 4.50. The first-order chi connectivity index (χ1) is 11.2. The molecule has 2 aliphatic heterocycles. The lowest BCUT2D eigenvalue weighted by atomic mass is 9.96. The number of halogens is 1. The van der Waals surface area contributed by atoms with E-state index in [2.05, 4.69) is 10.6 Å². The number of hydrogen-bond acceptors (Lipinski definition) is 3. The van der Waals surface area contributed by atoms with E-state index in [1.807, 2.05) is 9.80 Å². The Morgan fingerprint density at radius 3 is 2.17 bits per heavy atom. The number of carbonyl (C=O) groups is 2. The molecule has 6 nitrogen and oxygen atoms in total. The van der Waals surface area contributed by atoms with Crippen LogP contribution in [0.4, 0.5) is 4.79 Å². The van der Waals surface area contributed by atoms with Gasteiger partial charge in [0.25, 0.3) is 0 Å². The fourth-order valence-electron chi connectivity index (χ4n) is 3.96. The van der Waals surface area contributed by atoms with Gasteiger partial charge in [-0.3, -0.25) is 4.79 Å². The maximum Gasteiger partial charge on any atom is 0.317 e. The monoisotopic (exact) mass is 358 g/mol. The van der Waals surface area contributed by atoms with Gasteiger partial charge in [-0.1, -0.05) is 19.3 Å². The summed E-state index contributed by atoms with van der Waals surface area (Å²) in [6, 6.07) is 0.410. The lowest BCUT2D eigenvalue weighted by molar-refractivity contribution is -0.137. The minimum Gasteiger partial charge on any atom is -0.339 e. The number of urea groups is 1. The van der Waals surface area contributed by atoms with Gasteiger partial charge in [0.15, 0.2) is 0 Å². The molecule has 3 amide bonds. The van der Waals surface area contributed by atoms with E-state index in [9.17, 15) is 9.59 Å². The predicted molar refractivity (Wildman–Crippen MR) is 96.4 cm³/mol. The van der Waals surface area contributed by atoms with Crippen molar-refractivity contribution in [3.8, 4) is 0 Å². The summed E-state index contributed by atoms with van der Waals surface area (Å²) >= 11 is 0. The Bertz CT molecular complexity index is 415. The van der Waals surface area contributed by atoms with E-state index in [4.69, 9.17) is 0 Å². The first-order valence-electron chi connectivity index (χ1n) is 9.29. The van der Waals surface area contributed by atoms with Crippen molar-refractivity contribution >= 4 is 24.3 Å². The molecule has 1 unspecified atom stereocenters. The minimum atomic E-state index is 0. The second-order valence-corrected chi connectivity index (χ2v) is 7.14. The third-order valence-electron chi connectivity index (χ3n) is 5.46. The van der Waals surface area contributed by atoms with Crippen LogP contribution in [0, 0.1) is 5.92 Å². The predicted octanol–water partition coefficient (Wildman–Crippen LogP) is 1.59. The SMILES string of the molecule is Cl.O=C(NC1CCCCC1)N1CCN(C(=O)C2CCCNC2)CC1. The topological polar surface area (TPSA) is 64.7 Å². The molecule has 3 aliphatic rings. The number of piperidine rings is 1. The van der Waals surface area contributed by atoms with Crippen LogP contribution in [0.1, 0.15) is 44.9 Å². The quantitative estimate of drug-likeness (QED) is 0.788. The van der Waals surface area contributed by atoms with Crippen LogP contribution >= 0.6 is 12.4 Å². The summed E-state index contributed by atoms with van der Waals surface area (Å²) in [6.07, 6.45) is 8.04. The van der Waals surface area contributed by atoms with Gasteiger partial charge in [-0.25, -0.2) is 4.79 Å². The maximum atomic E-state index is 12.5. The zero-order chi connectivity index (χ0) is 16.1. The van der Waals surface area contributed by atoms with Gasteiger partial charge in [0.05, 0.1) is 5.92 Å². The zero-order valence-electron chi connectivity index (χ0n) is 14.5. The van der Waals surface area contributed by atoms with Gasteiger partial charge < -0.3 is 20.4 Å². The average molecular weight is 359 g/mol. The van der Waals surface area contributed by atoms with E-state index in [0.29, 0.717) is 32.2 Å². The average Bonchev–Trinajstić information content (AvgIpc) is 2.63. The lowest BCUT2D eigenvalue weighted by Gasteiger charge is -2.38. The smallest absolute Gasteiger partial charge is 0.317 e. The Balaban J connectivity index is 0.00000208. The molecule has 0 aromatic carbocycles. The van der Waals surface area contributed by atoms with E-state index >= 15 is 0 Å². The molecule has 3 rings (SSSR count). The van der Waals surface area contributed by atoms with Crippen molar-refractivity contribution in [2.45, 2.75) is 51.0 Å². The fourth-order valence-corrected chi connectivity index (χ4v) is 3.96. The highest BCUT2D eigenvalue weighted by molar-refractivity contribution is 5.85. The van der Waals surface area contributed by atoms with Gasteiger partial charge in [-0.15, -0.1) is 12.4 Å². The Hall–Kier alpha value is -1.01. The van der Waals surface area contributed by atoms with E-state index in [0.717, 1.165) is 38.8 Å². The van der Waals surface area contributed by atoms with Gasteiger partial charge in [0.2, 0.25) is 5.91 Å². The molecule has 0 spiro atoms. The largest absolute Gasteiger partial charge is 0.339 e. The number of nitrogens with one attached hydrogen (secondary N) is 2. The summed E-state index contributed by atoms with van der Waals surface area (Å²) in [5.74, 6) is 0.399. The molecule has 1 atom stereocenters. The lowest BCUT2D eigenvalue weighted by Crippen LogP contribution is -2.56. The molecule has 2 N–H and O–H groups in total. The van der Waals surface area contributed by atoms with Crippen LogP contribution in [-0.4, -0.2) is 67.0 Å². The van der Waals surface area contributed by atoms with Gasteiger partial charge in [-0.2, -0.15) is 0 Å². The highest BCUT2D eigenvalue weighted by Crippen LogP contribution is 2.18. The molecule has 24 heavy (non-hydrogen) atoms. The zero-order valence-corrected chi connectivity index (χ0v) is 15.3. The van der Waals surface area contributed by atoms with E-state index in [-0.39, 0.29) is 30.3 Å². The number of piperazine rings is 1. The van der Waals surface area contributed by atoms with Crippen LogP contribution in [0.25, 0.3) is 0 Å². The molecule has 2 saturated heterocycles. The second kappa shape index (κ2) is 9.47. The molecule has 1 saturated carbocycles. The molecule has 0 aromatic heterocycles.